The molecule has 0 saturated heterocycles. The van der Waals surface area contributed by atoms with Crippen LogP contribution in [-0.2, 0) is 0 Å². The number of aromatic nitrogens is 5. The first-order valence-corrected chi connectivity index (χ1v) is 5.91. The number of nitrogens with one attached hydrogen (secondary N) is 3. The largest absolute Gasteiger partial charge is 0.481 e. The summed E-state index contributed by atoms with van der Waals surface area (Å²) >= 11 is 0. The molecule has 0 aliphatic rings. The van der Waals surface area contributed by atoms with Crippen molar-refractivity contribution in [3.63, 3.8) is 0 Å². The molecule has 0 aromatic carbocycles. The molecule has 0 spiro atoms. The molecule has 4 aromatic rings. The second kappa shape index (κ2) is 3.61. The highest BCUT2D eigenvalue weighted by Gasteiger charge is 2.12. The Morgan fingerprint density at radius 3 is 3.00 bits per heavy atom. The molecular weight excluding hydrogens is 242 g/mol. The van der Waals surface area contributed by atoms with Gasteiger partial charge in [0, 0.05) is 12.3 Å². The summed E-state index contributed by atoms with van der Waals surface area (Å²) in [6.07, 6.45) is 1.89. The number of ether oxygens (including phenoxy) is 1. The second-order valence-electron chi connectivity index (χ2n) is 4.31. The highest BCUT2D eigenvalue weighted by molar-refractivity contribution is 5.92. The van der Waals surface area contributed by atoms with E-state index in [1.165, 1.54) is 0 Å². The summed E-state index contributed by atoms with van der Waals surface area (Å²) in [7, 11) is 1.61. The molecule has 4 rings (SSSR count). The van der Waals surface area contributed by atoms with Crippen LogP contribution < -0.4 is 4.74 Å². The van der Waals surface area contributed by atoms with Crippen molar-refractivity contribution in [1.29, 1.82) is 0 Å². The van der Waals surface area contributed by atoms with Crippen molar-refractivity contribution in [3.05, 3.63) is 30.5 Å². The molecular formula is C13H11N5O. The zero-order chi connectivity index (χ0) is 12.8. The summed E-state index contributed by atoms with van der Waals surface area (Å²) < 4.78 is 5.13. The van der Waals surface area contributed by atoms with Crippen molar-refractivity contribution in [2.75, 3.05) is 7.11 Å². The van der Waals surface area contributed by atoms with E-state index < -0.39 is 0 Å². The molecule has 3 N–H and O–H groups in total. The second-order valence-corrected chi connectivity index (χ2v) is 4.31. The molecule has 4 heterocycles. The lowest BCUT2D eigenvalue weighted by Gasteiger charge is -1.96. The standard InChI is InChI=1S/C13H11N5O/c1-19-11-3-2-7-9(16-11)6-10(15-7)13-12-8(17-18-13)4-5-14-12/h2-6,14-15H,1H3,(H,17,18). The fourth-order valence-corrected chi connectivity index (χ4v) is 2.26. The van der Waals surface area contributed by atoms with Crippen molar-refractivity contribution in [2.45, 2.75) is 0 Å². The predicted molar refractivity (Wildman–Crippen MR) is 72.1 cm³/mol. The van der Waals surface area contributed by atoms with E-state index in [9.17, 15) is 0 Å². The Labute approximate surface area is 107 Å². The van der Waals surface area contributed by atoms with Gasteiger partial charge in [0.25, 0.3) is 0 Å². The molecule has 0 amide bonds. The highest BCUT2D eigenvalue weighted by Crippen LogP contribution is 2.27. The van der Waals surface area contributed by atoms with Gasteiger partial charge in [-0.2, -0.15) is 5.10 Å². The van der Waals surface area contributed by atoms with Gasteiger partial charge >= 0.3 is 0 Å². The lowest BCUT2D eigenvalue weighted by atomic mass is 10.3. The molecule has 0 atom stereocenters. The zero-order valence-corrected chi connectivity index (χ0v) is 10.2. The third kappa shape index (κ3) is 1.43. The maximum Gasteiger partial charge on any atom is 0.213 e. The normalized spacial score (nSPS) is 11.4. The van der Waals surface area contributed by atoms with Crippen LogP contribution in [0.1, 0.15) is 0 Å². The minimum absolute atomic E-state index is 0.602. The Balaban J connectivity index is 1.93. The molecule has 6 nitrogen and oxygen atoms in total. The number of pyridine rings is 1. The van der Waals surface area contributed by atoms with Gasteiger partial charge in [-0.05, 0) is 18.2 Å². The van der Waals surface area contributed by atoms with Crippen LogP contribution in [0.15, 0.2) is 30.5 Å². The summed E-state index contributed by atoms with van der Waals surface area (Å²) in [6, 6.07) is 7.70. The fourth-order valence-electron chi connectivity index (χ4n) is 2.26. The zero-order valence-electron chi connectivity index (χ0n) is 10.2. The number of fused-ring (bicyclic) bond motifs is 2. The topological polar surface area (TPSA) is 82.4 Å². The molecule has 0 radical (unpaired) electrons. The summed E-state index contributed by atoms with van der Waals surface area (Å²) in [4.78, 5) is 10.9. The van der Waals surface area contributed by atoms with E-state index in [0.29, 0.717) is 5.88 Å². The van der Waals surface area contributed by atoms with Gasteiger partial charge in [0.05, 0.1) is 34.9 Å². The third-order valence-electron chi connectivity index (χ3n) is 3.19. The third-order valence-corrected chi connectivity index (χ3v) is 3.19. The Kier molecular flexibility index (Phi) is 1.94. The van der Waals surface area contributed by atoms with Gasteiger partial charge in [0.1, 0.15) is 5.69 Å². The minimum atomic E-state index is 0.602. The number of aromatic amines is 3. The molecule has 4 aromatic heterocycles. The lowest BCUT2D eigenvalue weighted by Crippen LogP contribution is -1.85. The molecule has 0 aliphatic heterocycles. The van der Waals surface area contributed by atoms with Gasteiger partial charge in [0.15, 0.2) is 0 Å². The van der Waals surface area contributed by atoms with Crippen LogP contribution in [-0.4, -0.2) is 32.3 Å². The van der Waals surface area contributed by atoms with E-state index in [1.807, 2.05) is 30.5 Å². The molecule has 6 heteroatoms. The van der Waals surface area contributed by atoms with E-state index in [0.717, 1.165) is 33.5 Å². The SMILES string of the molecule is COc1ccc2[nH]c(-c3n[nH]c4cc[nH]c34)cc2n1. The minimum Gasteiger partial charge on any atom is -0.481 e. The average Bonchev–Trinajstić information content (AvgIpc) is 3.11. The van der Waals surface area contributed by atoms with E-state index in [2.05, 4.69) is 25.1 Å². The predicted octanol–water partition coefficient (Wildman–Crippen LogP) is 2.44. The van der Waals surface area contributed by atoms with Gasteiger partial charge in [-0.25, -0.2) is 4.98 Å². The maximum atomic E-state index is 5.13. The molecule has 0 bridgehead atoms. The van der Waals surface area contributed by atoms with E-state index in [-0.39, 0.29) is 0 Å². The van der Waals surface area contributed by atoms with E-state index in [4.69, 9.17) is 4.74 Å². The number of rotatable bonds is 2. The highest BCUT2D eigenvalue weighted by atomic mass is 16.5. The maximum absolute atomic E-state index is 5.13. The monoisotopic (exact) mass is 253 g/mol. The van der Waals surface area contributed by atoms with Crippen molar-refractivity contribution in [3.8, 4) is 17.3 Å². The van der Waals surface area contributed by atoms with Crippen LogP contribution in [0.25, 0.3) is 33.5 Å². The molecule has 0 unspecified atom stereocenters. The number of methoxy groups -OCH3 is 1. The van der Waals surface area contributed by atoms with Crippen molar-refractivity contribution >= 4 is 22.1 Å². The van der Waals surface area contributed by atoms with E-state index in [1.54, 1.807) is 7.11 Å². The van der Waals surface area contributed by atoms with Gasteiger partial charge in [-0.15, -0.1) is 0 Å². The average molecular weight is 253 g/mol. The van der Waals surface area contributed by atoms with E-state index >= 15 is 0 Å². The van der Waals surface area contributed by atoms with Crippen LogP contribution in [0.2, 0.25) is 0 Å². The number of hydrogen-bond acceptors (Lipinski definition) is 3. The van der Waals surface area contributed by atoms with Gasteiger partial charge in [-0.3, -0.25) is 5.10 Å². The number of hydrogen-bond donors (Lipinski definition) is 3. The quantitative estimate of drug-likeness (QED) is 0.513. The van der Waals surface area contributed by atoms with Gasteiger partial charge in [-0.1, -0.05) is 0 Å². The molecule has 0 fully saturated rings. The Morgan fingerprint density at radius 1 is 1.16 bits per heavy atom. The van der Waals surface area contributed by atoms with Gasteiger partial charge < -0.3 is 14.7 Å². The first-order chi connectivity index (χ1) is 9.35. The summed E-state index contributed by atoms with van der Waals surface area (Å²) in [5.74, 6) is 0.602. The van der Waals surface area contributed by atoms with Crippen molar-refractivity contribution < 1.29 is 4.74 Å². The van der Waals surface area contributed by atoms with Crippen LogP contribution in [0.3, 0.4) is 0 Å². The number of H-pyrrole nitrogens is 3. The Bertz CT molecular complexity index is 869. The molecule has 94 valence electrons. The van der Waals surface area contributed by atoms with Gasteiger partial charge in [0.2, 0.25) is 5.88 Å². The molecule has 19 heavy (non-hydrogen) atoms. The van der Waals surface area contributed by atoms with Crippen molar-refractivity contribution in [2.24, 2.45) is 0 Å². The fraction of sp³-hybridized carbons (Fsp3) is 0.0769. The first kappa shape index (κ1) is 10.2. The Morgan fingerprint density at radius 2 is 2.11 bits per heavy atom. The first-order valence-electron chi connectivity index (χ1n) is 5.91. The molecule has 0 saturated carbocycles. The summed E-state index contributed by atoms with van der Waals surface area (Å²) in [6.45, 7) is 0. The number of nitrogens with zero attached hydrogens (tertiary/aromatic N) is 2. The molecule has 0 aliphatic carbocycles. The van der Waals surface area contributed by atoms with Crippen LogP contribution in [0.5, 0.6) is 5.88 Å². The van der Waals surface area contributed by atoms with Crippen molar-refractivity contribution in [1.82, 2.24) is 25.1 Å². The summed E-state index contributed by atoms with van der Waals surface area (Å²) in [5.41, 5.74) is 5.56. The lowest BCUT2D eigenvalue weighted by molar-refractivity contribution is 0.399. The smallest absolute Gasteiger partial charge is 0.213 e. The Hall–Kier alpha value is -2.76. The van der Waals surface area contributed by atoms with Crippen LogP contribution >= 0.6 is 0 Å². The van der Waals surface area contributed by atoms with Crippen LogP contribution in [0, 0.1) is 0 Å². The van der Waals surface area contributed by atoms with Crippen LogP contribution in [0.4, 0.5) is 0 Å². The summed E-state index contributed by atoms with van der Waals surface area (Å²) in [5, 5.41) is 7.30.